The molecule has 1 atom stereocenters. The number of aliphatic carboxylic acids is 1. The lowest BCUT2D eigenvalue weighted by Crippen LogP contribution is -2.06. The highest BCUT2D eigenvalue weighted by Gasteiger charge is 2.17. The summed E-state index contributed by atoms with van der Waals surface area (Å²) in [6.45, 7) is 3.86. The standard InChI is InChI=1S/C26H23Cl2NO5S/c1-16(2)33-20-7-9-22-17(6-11-26(30)31)15-29(25(22)14-20)35(32)21-5-3-4-18(12-21)34-19-8-10-23(27)24(28)13-19/h3-5,7-10,12-16H,6,11H2,1-2H3,(H,30,31). The van der Waals surface area contributed by atoms with E-state index < -0.39 is 17.0 Å². The van der Waals surface area contributed by atoms with Gasteiger partial charge in [0, 0.05) is 30.1 Å². The Hall–Kier alpha value is -3.00. The number of nitrogens with zero attached hydrogens (tertiary/aromatic N) is 1. The van der Waals surface area contributed by atoms with Crippen LogP contribution in [-0.4, -0.2) is 25.4 Å². The summed E-state index contributed by atoms with van der Waals surface area (Å²) in [4.78, 5) is 11.7. The van der Waals surface area contributed by atoms with E-state index in [0.717, 1.165) is 10.9 Å². The third-order valence-corrected chi connectivity index (χ3v) is 7.17. The number of carboxylic acid groups (broad SMARTS) is 1. The van der Waals surface area contributed by atoms with Gasteiger partial charge in [0.15, 0.2) is 11.0 Å². The summed E-state index contributed by atoms with van der Waals surface area (Å²) in [6.07, 6.45) is 2.02. The molecule has 0 bridgehead atoms. The van der Waals surface area contributed by atoms with Gasteiger partial charge in [-0.25, -0.2) is 4.21 Å². The average Bonchev–Trinajstić information content (AvgIpc) is 3.17. The Morgan fingerprint density at radius 1 is 1.00 bits per heavy atom. The van der Waals surface area contributed by atoms with E-state index in [2.05, 4.69) is 0 Å². The van der Waals surface area contributed by atoms with Crippen LogP contribution in [0.5, 0.6) is 17.2 Å². The molecule has 0 amide bonds. The van der Waals surface area contributed by atoms with Crippen molar-refractivity contribution in [1.29, 1.82) is 0 Å². The van der Waals surface area contributed by atoms with Gasteiger partial charge in [0.05, 0.1) is 26.6 Å². The molecule has 4 rings (SSSR count). The second kappa shape index (κ2) is 10.7. The number of hydrogen-bond donors (Lipinski definition) is 1. The van der Waals surface area contributed by atoms with Gasteiger partial charge in [-0.3, -0.25) is 8.77 Å². The molecule has 0 fully saturated rings. The minimum Gasteiger partial charge on any atom is -0.491 e. The summed E-state index contributed by atoms with van der Waals surface area (Å²) < 4.78 is 27.0. The fourth-order valence-electron chi connectivity index (χ4n) is 3.61. The second-order valence-corrected chi connectivity index (χ2v) is 10.3. The van der Waals surface area contributed by atoms with Crippen molar-refractivity contribution in [2.24, 2.45) is 0 Å². The van der Waals surface area contributed by atoms with E-state index in [1.807, 2.05) is 32.0 Å². The largest absolute Gasteiger partial charge is 0.491 e. The van der Waals surface area contributed by atoms with Crippen molar-refractivity contribution in [3.05, 3.63) is 82.5 Å². The third-order valence-electron chi connectivity index (χ3n) is 5.12. The first-order valence-electron chi connectivity index (χ1n) is 10.9. The minimum atomic E-state index is -1.63. The Morgan fingerprint density at radius 2 is 1.74 bits per heavy atom. The highest BCUT2D eigenvalue weighted by molar-refractivity contribution is 7.83. The number of aryl methyl sites for hydroxylation is 1. The predicted molar refractivity (Wildman–Crippen MR) is 138 cm³/mol. The minimum absolute atomic E-state index is 0.0248. The van der Waals surface area contributed by atoms with Crippen LogP contribution in [0.1, 0.15) is 25.8 Å². The fourth-order valence-corrected chi connectivity index (χ4v) is 5.09. The summed E-state index contributed by atoms with van der Waals surface area (Å²) in [7, 11) is -1.63. The molecule has 9 heteroatoms. The quantitative estimate of drug-likeness (QED) is 0.249. The lowest BCUT2D eigenvalue weighted by molar-refractivity contribution is -0.136. The van der Waals surface area contributed by atoms with Crippen molar-refractivity contribution in [3.63, 3.8) is 0 Å². The normalized spacial score (nSPS) is 12.1. The summed E-state index contributed by atoms with van der Waals surface area (Å²) in [5, 5.41) is 10.8. The van der Waals surface area contributed by atoms with Crippen LogP contribution < -0.4 is 9.47 Å². The molecule has 0 aliphatic heterocycles. The van der Waals surface area contributed by atoms with Crippen LogP contribution in [0.2, 0.25) is 10.0 Å². The first kappa shape index (κ1) is 25.1. The SMILES string of the molecule is CC(C)Oc1ccc2c(CCC(=O)O)cn(S(=O)c3cccc(Oc4ccc(Cl)c(Cl)c4)c3)c2c1. The molecule has 0 spiro atoms. The van der Waals surface area contributed by atoms with Crippen LogP contribution in [0.25, 0.3) is 10.9 Å². The second-order valence-electron chi connectivity index (χ2n) is 8.12. The van der Waals surface area contributed by atoms with Gasteiger partial charge in [-0.05, 0) is 68.3 Å². The molecule has 3 aromatic carbocycles. The van der Waals surface area contributed by atoms with Crippen LogP contribution in [0.3, 0.4) is 0 Å². The molecule has 1 N–H and O–H groups in total. The maximum atomic E-state index is 13.7. The smallest absolute Gasteiger partial charge is 0.303 e. The van der Waals surface area contributed by atoms with Crippen LogP contribution in [0.4, 0.5) is 0 Å². The van der Waals surface area contributed by atoms with Gasteiger partial charge in [0.25, 0.3) is 0 Å². The number of ether oxygens (including phenoxy) is 2. The van der Waals surface area contributed by atoms with Crippen LogP contribution in [-0.2, 0) is 22.2 Å². The average molecular weight is 532 g/mol. The van der Waals surface area contributed by atoms with Crippen molar-refractivity contribution in [1.82, 2.24) is 3.97 Å². The van der Waals surface area contributed by atoms with Crippen LogP contribution >= 0.6 is 23.2 Å². The lowest BCUT2D eigenvalue weighted by Gasteiger charge is -2.11. The monoisotopic (exact) mass is 531 g/mol. The molecule has 0 saturated heterocycles. The van der Waals surface area contributed by atoms with E-state index in [-0.39, 0.29) is 12.5 Å². The van der Waals surface area contributed by atoms with E-state index >= 15 is 0 Å². The summed E-state index contributed by atoms with van der Waals surface area (Å²) in [5.74, 6) is 0.741. The first-order valence-corrected chi connectivity index (χ1v) is 12.7. The number of hydrogen-bond acceptors (Lipinski definition) is 4. The highest BCUT2D eigenvalue weighted by atomic mass is 35.5. The zero-order chi connectivity index (χ0) is 25.1. The summed E-state index contributed by atoms with van der Waals surface area (Å²) >= 11 is 12.1. The molecular weight excluding hydrogens is 509 g/mol. The van der Waals surface area contributed by atoms with E-state index in [4.69, 9.17) is 37.8 Å². The number of aromatic nitrogens is 1. The fraction of sp³-hybridized carbons (Fsp3) is 0.192. The number of benzene rings is 3. The number of carbonyl (C=O) groups is 1. The van der Waals surface area contributed by atoms with Gasteiger partial charge in [-0.1, -0.05) is 29.3 Å². The van der Waals surface area contributed by atoms with Crippen molar-refractivity contribution in [2.75, 3.05) is 0 Å². The van der Waals surface area contributed by atoms with E-state index in [0.29, 0.717) is 44.1 Å². The van der Waals surface area contributed by atoms with Crippen LogP contribution in [0, 0.1) is 0 Å². The Labute approximate surface area is 215 Å². The molecule has 4 aromatic rings. The van der Waals surface area contributed by atoms with Crippen molar-refractivity contribution in [3.8, 4) is 17.2 Å². The molecule has 1 heterocycles. The molecule has 6 nitrogen and oxygen atoms in total. The number of halogens is 2. The Bertz CT molecular complexity index is 1420. The number of carboxylic acids is 1. The molecule has 0 aliphatic carbocycles. The van der Waals surface area contributed by atoms with E-state index in [1.54, 1.807) is 52.6 Å². The molecule has 0 saturated carbocycles. The third kappa shape index (κ3) is 5.99. The molecular formula is C26H23Cl2NO5S. The number of rotatable bonds is 9. The highest BCUT2D eigenvalue weighted by Crippen LogP contribution is 2.32. The molecule has 0 aliphatic rings. The Kier molecular flexibility index (Phi) is 7.69. The molecule has 35 heavy (non-hydrogen) atoms. The van der Waals surface area contributed by atoms with Crippen molar-refractivity contribution < 1.29 is 23.6 Å². The Morgan fingerprint density at radius 3 is 2.46 bits per heavy atom. The van der Waals surface area contributed by atoms with Gasteiger partial charge in [-0.2, -0.15) is 0 Å². The van der Waals surface area contributed by atoms with Gasteiger partial charge in [-0.15, -0.1) is 0 Å². The summed E-state index contributed by atoms with van der Waals surface area (Å²) in [5.41, 5.74) is 1.49. The lowest BCUT2D eigenvalue weighted by atomic mass is 10.1. The summed E-state index contributed by atoms with van der Waals surface area (Å²) in [6, 6.07) is 17.4. The topological polar surface area (TPSA) is 77.8 Å². The molecule has 0 radical (unpaired) electrons. The zero-order valence-electron chi connectivity index (χ0n) is 19.0. The molecule has 1 unspecified atom stereocenters. The Balaban J connectivity index is 1.70. The maximum absolute atomic E-state index is 13.7. The van der Waals surface area contributed by atoms with Crippen LogP contribution in [0.15, 0.2) is 71.8 Å². The molecule has 1 aromatic heterocycles. The maximum Gasteiger partial charge on any atom is 0.303 e. The van der Waals surface area contributed by atoms with Crippen molar-refractivity contribution in [2.45, 2.75) is 37.7 Å². The van der Waals surface area contributed by atoms with Gasteiger partial charge in [0.2, 0.25) is 0 Å². The zero-order valence-corrected chi connectivity index (χ0v) is 21.4. The van der Waals surface area contributed by atoms with Crippen molar-refractivity contribution >= 4 is 51.1 Å². The van der Waals surface area contributed by atoms with Gasteiger partial charge >= 0.3 is 5.97 Å². The van der Waals surface area contributed by atoms with Gasteiger partial charge < -0.3 is 14.6 Å². The predicted octanol–water partition coefficient (Wildman–Crippen LogP) is 7.12. The van der Waals surface area contributed by atoms with E-state index in [1.165, 1.54) is 0 Å². The van der Waals surface area contributed by atoms with Gasteiger partial charge in [0.1, 0.15) is 17.2 Å². The van der Waals surface area contributed by atoms with E-state index in [9.17, 15) is 9.00 Å². The molecule has 182 valence electrons. The number of fused-ring (bicyclic) bond motifs is 1. The first-order chi connectivity index (χ1) is 16.7.